The van der Waals surface area contributed by atoms with E-state index in [1.54, 1.807) is 0 Å². The summed E-state index contributed by atoms with van der Waals surface area (Å²) in [7, 11) is 0. The SMILES string of the molecule is O=C(NCC1Cc2ccc3c(c2O1)CCC3)OCc1ccccc1. The fourth-order valence-corrected chi connectivity index (χ4v) is 3.53. The molecule has 24 heavy (non-hydrogen) atoms. The van der Waals surface area contributed by atoms with Gasteiger partial charge in [-0.25, -0.2) is 4.79 Å². The van der Waals surface area contributed by atoms with Gasteiger partial charge in [0.05, 0.1) is 6.54 Å². The van der Waals surface area contributed by atoms with E-state index in [1.807, 2.05) is 30.3 Å². The van der Waals surface area contributed by atoms with Gasteiger partial charge in [0, 0.05) is 6.42 Å². The topological polar surface area (TPSA) is 47.6 Å². The first kappa shape index (κ1) is 15.1. The Morgan fingerprint density at radius 2 is 1.96 bits per heavy atom. The molecule has 4 heteroatoms. The van der Waals surface area contributed by atoms with Crippen LogP contribution in [0.15, 0.2) is 42.5 Å². The lowest BCUT2D eigenvalue weighted by molar-refractivity contribution is 0.133. The average molecular weight is 323 g/mol. The van der Waals surface area contributed by atoms with E-state index in [2.05, 4.69) is 17.4 Å². The molecule has 0 aromatic heterocycles. The summed E-state index contributed by atoms with van der Waals surface area (Å²) in [6, 6.07) is 14.1. The second-order valence-electron chi connectivity index (χ2n) is 6.43. The van der Waals surface area contributed by atoms with Crippen LogP contribution in [0.2, 0.25) is 0 Å². The zero-order valence-electron chi connectivity index (χ0n) is 13.6. The Bertz CT molecular complexity index is 742. The van der Waals surface area contributed by atoms with Crippen molar-refractivity contribution in [3.8, 4) is 5.75 Å². The number of rotatable bonds is 4. The van der Waals surface area contributed by atoms with Crippen LogP contribution in [0.4, 0.5) is 4.79 Å². The van der Waals surface area contributed by atoms with Gasteiger partial charge in [0.15, 0.2) is 0 Å². The number of aryl methyl sites for hydroxylation is 1. The summed E-state index contributed by atoms with van der Waals surface area (Å²) in [5.41, 5.74) is 5.04. The van der Waals surface area contributed by atoms with E-state index in [0.717, 1.165) is 30.6 Å². The van der Waals surface area contributed by atoms with Crippen LogP contribution in [0.5, 0.6) is 5.75 Å². The third-order valence-corrected chi connectivity index (χ3v) is 4.73. The molecule has 1 unspecified atom stereocenters. The fourth-order valence-electron chi connectivity index (χ4n) is 3.53. The smallest absolute Gasteiger partial charge is 0.407 e. The van der Waals surface area contributed by atoms with Crippen LogP contribution < -0.4 is 10.1 Å². The van der Waals surface area contributed by atoms with Gasteiger partial charge < -0.3 is 14.8 Å². The van der Waals surface area contributed by atoms with Gasteiger partial charge in [0.1, 0.15) is 18.5 Å². The maximum absolute atomic E-state index is 11.8. The van der Waals surface area contributed by atoms with Gasteiger partial charge in [0.25, 0.3) is 0 Å². The van der Waals surface area contributed by atoms with Crippen molar-refractivity contribution in [1.29, 1.82) is 0 Å². The number of alkyl carbamates (subject to hydrolysis) is 1. The quantitative estimate of drug-likeness (QED) is 0.938. The van der Waals surface area contributed by atoms with Crippen molar-refractivity contribution < 1.29 is 14.3 Å². The normalized spacial score (nSPS) is 17.8. The highest BCUT2D eigenvalue weighted by molar-refractivity contribution is 5.67. The summed E-state index contributed by atoms with van der Waals surface area (Å²) < 4.78 is 11.3. The first-order valence-corrected chi connectivity index (χ1v) is 8.54. The second kappa shape index (κ2) is 6.56. The van der Waals surface area contributed by atoms with E-state index in [4.69, 9.17) is 9.47 Å². The lowest BCUT2D eigenvalue weighted by Gasteiger charge is -2.13. The molecule has 0 spiro atoms. The molecule has 1 heterocycles. The second-order valence-corrected chi connectivity index (χ2v) is 6.43. The standard InChI is InChI=1S/C20H21NO3/c22-20(23-13-14-5-2-1-3-6-14)21-12-17-11-16-10-9-15-7-4-8-18(15)19(16)24-17/h1-3,5-6,9-10,17H,4,7-8,11-13H2,(H,21,22). The molecule has 2 aliphatic rings. The number of hydrogen-bond acceptors (Lipinski definition) is 3. The van der Waals surface area contributed by atoms with Crippen molar-refractivity contribution in [2.75, 3.05) is 6.54 Å². The van der Waals surface area contributed by atoms with Crippen LogP contribution in [-0.2, 0) is 30.6 Å². The molecule has 2 aromatic carbocycles. The third kappa shape index (κ3) is 3.09. The molecule has 0 saturated heterocycles. The highest BCUT2D eigenvalue weighted by Crippen LogP contribution is 2.38. The zero-order valence-corrected chi connectivity index (χ0v) is 13.6. The lowest BCUT2D eigenvalue weighted by atomic mass is 10.0. The largest absolute Gasteiger partial charge is 0.488 e. The fraction of sp³-hybridized carbons (Fsp3) is 0.350. The predicted octanol–water partition coefficient (Wildman–Crippen LogP) is 3.41. The Balaban J connectivity index is 1.28. The van der Waals surface area contributed by atoms with E-state index in [0.29, 0.717) is 6.54 Å². The number of ether oxygens (including phenoxy) is 2. The summed E-state index contributed by atoms with van der Waals surface area (Å²) in [4.78, 5) is 11.8. The van der Waals surface area contributed by atoms with Gasteiger partial charge >= 0.3 is 6.09 Å². The van der Waals surface area contributed by atoms with E-state index in [1.165, 1.54) is 23.1 Å². The van der Waals surface area contributed by atoms with Gasteiger partial charge in [-0.05, 0) is 41.5 Å². The minimum absolute atomic E-state index is 0.00336. The molecular formula is C20H21NO3. The van der Waals surface area contributed by atoms with Crippen LogP contribution in [0.1, 0.15) is 28.7 Å². The maximum atomic E-state index is 11.8. The molecule has 1 aliphatic heterocycles. The Morgan fingerprint density at radius 1 is 1.12 bits per heavy atom. The number of nitrogens with one attached hydrogen (secondary N) is 1. The molecule has 4 rings (SSSR count). The van der Waals surface area contributed by atoms with E-state index >= 15 is 0 Å². The van der Waals surface area contributed by atoms with Crippen LogP contribution >= 0.6 is 0 Å². The summed E-state index contributed by atoms with van der Waals surface area (Å²) >= 11 is 0. The number of carbonyl (C=O) groups excluding carboxylic acids is 1. The van der Waals surface area contributed by atoms with Crippen molar-refractivity contribution in [2.45, 2.75) is 38.4 Å². The molecule has 1 aliphatic carbocycles. The summed E-state index contributed by atoms with van der Waals surface area (Å²) in [5.74, 6) is 1.06. The Morgan fingerprint density at radius 3 is 2.83 bits per heavy atom. The van der Waals surface area contributed by atoms with Crippen molar-refractivity contribution in [3.05, 3.63) is 64.7 Å². The summed E-state index contributed by atoms with van der Waals surface area (Å²) in [6.07, 6.45) is 3.92. The molecule has 4 nitrogen and oxygen atoms in total. The lowest BCUT2D eigenvalue weighted by Crippen LogP contribution is -2.34. The number of benzene rings is 2. The molecule has 124 valence electrons. The van der Waals surface area contributed by atoms with Crippen LogP contribution in [-0.4, -0.2) is 18.7 Å². The highest BCUT2D eigenvalue weighted by atomic mass is 16.5. The van der Waals surface area contributed by atoms with Crippen molar-refractivity contribution >= 4 is 6.09 Å². The van der Waals surface area contributed by atoms with Crippen LogP contribution in [0, 0.1) is 0 Å². The van der Waals surface area contributed by atoms with Gasteiger partial charge in [0.2, 0.25) is 0 Å². The molecular weight excluding hydrogens is 302 g/mol. The molecule has 0 fully saturated rings. The van der Waals surface area contributed by atoms with Gasteiger partial charge in [-0.1, -0.05) is 42.5 Å². The Kier molecular flexibility index (Phi) is 4.11. The van der Waals surface area contributed by atoms with Gasteiger partial charge in [-0.3, -0.25) is 0 Å². The number of carbonyl (C=O) groups is 1. The Labute approximate surface area is 141 Å². The van der Waals surface area contributed by atoms with Crippen molar-refractivity contribution in [3.63, 3.8) is 0 Å². The minimum atomic E-state index is -0.399. The molecule has 1 N–H and O–H groups in total. The van der Waals surface area contributed by atoms with E-state index in [-0.39, 0.29) is 12.7 Å². The first-order valence-electron chi connectivity index (χ1n) is 8.54. The van der Waals surface area contributed by atoms with Crippen LogP contribution in [0.25, 0.3) is 0 Å². The first-order chi connectivity index (χ1) is 11.8. The molecule has 1 amide bonds. The van der Waals surface area contributed by atoms with E-state index in [9.17, 15) is 4.79 Å². The molecule has 0 saturated carbocycles. The Hall–Kier alpha value is -2.49. The highest BCUT2D eigenvalue weighted by Gasteiger charge is 2.28. The van der Waals surface area contributed by atoms with E-state index < -0.39 is 6.09 Å². The molecule has 1 atom stereocenters. The monoisotopic (exact) mass is 323 g/mol. The number of fused-ring (bicyclic) bond motifs is 3. The van der Waals surface area contributed by atoms with Crippen molar-refractivity contribution in [2.24, 2.45) is 0 Å². The molecule has 0 bridgehead atoms. The third-order valence-electron chi connectivity index (χ3n) is 4.73. The summed E-state index contributed by atoms with van der Waals surface area (Å²) in [5, 5.41) is 2.81. The van der Waals surface area contributed by atoms with Crippen molar-refractivity contribution in [1.82, 2.24) is 5.32 Å². The van der Waals surface area contributed by atoms with Crippen LogP contribution in [0.3, 0.4) is 0 Å². The van der Waals surface area contributed by atoms with Gasteiger partial charge in [-0.15, -0.1) is 0 Å². The molecule has 2 aromatic rings. The average Bonchev–Trinajstić information content (AvgIpc) is 3.24. The predicted molar refractivity (Wildman–Crippen MR) is 91.2 cm³/mol. The maximum Gasteiger partial charge on any atom is 0.407 e. The zero-order chi connectivity index (χ0) is 16.4. The summed E-state index contributed by atoms with van der Waals surface area (Å²) in [6.45, 7) is 0.753. The number of hydrogen-bond donors (Lipinski definition) is 1. The number of amides is 1. The minimum Gasteiger partial charge on any atom is -0.488 e. The van der Waals surface area contributed by atoms with Gasteiger partial charge in [-0.2, -0.15) is 0 Å². The molecule has 0 radical (unpaired) electrons.